The third-order valence-corrected chi connectivity index (χ3v) is 4.13. The predicted molar refractivity (Wildman–Crippen MR) is 68.7 cm³/mol. The quantitative estimate of drug-likeness (QED) is 0.882. The fourth-order valence-corrected chi connectivity index (χ4v) is 2.91. The summed E-state index contributed by atoms with van der Waals surface area (Å²) in [6.45, 7) is 0.844. The molecule has 0 saturated carbocycles. The predicted octanol–water partition coefficient (Wildman–Crippen LogP) is 3.21. The van der Waals surface area contributed by atoms with Gasteiger partial charge in [-0.1, -0.05) is 12.1 Å². The molecular formula is C12H12N2S2. The fourth-order valence-electron chi connectivity index (χ4n) is 1.46. The molecular weight excluding hydrogens is 236 g/mol. The summed E-state index contributed by atoms with van der Waals surface area (Å²) in [5.41, 5.74) is 0. The van der Waals surface area contributed by atoms with E-state index in [1.54, 1.807) is 22.7 Å². The summed E-state index contributed by atoms with van der Waals surface area (Å²) >= 11 is 3.38. The molecule has 0 fully saturated rings. The van der Waals surface area contributed by atoms with Crippen LogP contribution in [0.1, 0.15) is 15.8 Å². The summed E-state index contributed by atoms with van der Waals surface area (Å²) in [5, 5.41) is 16.4. The van der Waals surface area contributed by atoms with E-state index >= 15 is 0 Å². The first-order valence-electron chi connectivity index (χ1n) is 5.09. The van der Waals surface area contributed by atoms with Gasteiger partial charge in [0.2, 0.25) is 0 Å². The molecule has 0 aromatic carbocycles. The van der Waals surface area contributed by atoms with E-state index in [2.05, 4.69) is 28.9 Å². The van der Waals surface area contributed by atoms with Gasteiger partial charge >= 0.3 is 0 Å². The van der Waals surface area contributed by atoms with Crippen LogP contribution in [0.3, 0.4) is 0 Å². The Labute approximate surface area is 103 Å². The summed E-state index contributed by atoms with van der Waals surface area (Å²) in [4.78, 5) is 2.45. The first kappa shape index (κ1) is 11.3. The zero-order valence-electron chi connectivity index (χ0n) is 8.72. The van der Waals surface area contributed by atoms with Gasteiger partial charge in [0.1, 0.15) is 6.04 Å². The minimum atomic E-state index is -0.167. The van der Waals surface area contributed by atoms with Gasteiger partial charge in [0, 0.05) is 16.3 Å². The Morgan fingerprint density at radius 1 is 1.25 bits per heavy atom. The highest BCUT2D eigenvalue weighted by Crippen LogP contribution is 2.18. The molecule has 2 nitrogen and oxygen atoms in total. The number of hydrogen-bond acceptors (Lipinski definition) is 4. The van der Waals surface area contributed by atoms with Crippen LogP contribution in [0.5, 0.6) is 0 Å². The lowest BCUT2D eigenvalue weighted by Crippen LogP contribution is -2.21. The van der Waals surface area contributed by atoms with Crippen LogP contribution in [-0.4, -0.2) is 6.54 Å². The third kappa shape index (κ3) is 2.92. The van der Waals surface area contributed by atoms with Crippen molar-refractivity contribution < 1.29 is 0 Å². The summed E-state index contributed by atoms with van der Waals surface area (Å²) in [7, 11) is 0. The van der Waals surface area contributed by atoms with E-state index < -0.39 is 0 Å². The Morgan fingerprint density at radius 3 is 2.69 bits per heavy atom. The van der Waals surface area contributed by atoms with Gasteiger partial charge in [-0.25, -0.2) is 0 Å². The molecule has 0 aliphatic rings. The first-order valence-corrected chi connectivity index (χ1v) is 6.85. The molecule has 0 saturated heterocycles. The van der Waals surface area contributed by atoms with Crippen LogP contribution in [-0.2, 0) is 6.42 Å². The van der Waals surface area contributed by atoms with Crippen molar-refractivity contribution in [1.82, 2.24) is 5.32 Å². The maximum Gasteiger partial charge on any atom is 0.130 e. The molecule has 1 atom stereocenters. The summed E-state index contributed by atoms with van der Waals surface area (Å²) in [6.07, 6.45) is 0.987. The summed E-state index contributed by atoms with van der Waals surface area (Å²) < 4.78 is 0. The average Bonchev–Trinajstić information content (AvgIpc) is 2.96. The van der Waals surface area contributed by atoms with E-state index in [9.17, 15) is 0 Å². The lowest BCUT2D eigenvalue weighted by Gasteiger charge is -2.08. The molecule has 4 heteroatoms. The lowest BCUT2D eigenvalue weighted by atomic mass is 10.2. The van der Waals surface area contributed by atoms with Crippen molar-refractivity contribution in [3.05, 3.63) is 44.8 Å². The van der Waals surface area contributed by atoms with Gasteiger partial charge in [-0.15, -0.1) is 22.7 Å². The third-order valence-electron chi connectivity index (χ3n) is 2.26. The number of thiophene rings is 2. The largest absolute Gasteiger partial charge is 0.297 e. The van der Waals surface area contributed by atoms with E-state index in [4.69, 9.17) is 5.26 Å². The van der Waals surface area contributed by atoms with Crippen molar-refractivity contribution in [2.45, 2.75) is 12.5 Å². The molecule has 0 spiro atoms. The molecule has 0 amide bonds. The second kappa shape index (κ2) is 5.80. The van der Waals surface area contributed by atoms with Crippen molar-refractivity contribution in [3.63, 3.8) is 0 Å². The van der Waals surface area contributed by atoms with Crippen LogP contribution in [0.4, 0.5) is 0 Å². The number of rotatable bonds is 5. The molecule has 16 heavy (non-hydrogen) atoms. The zero-order chi connectivity index (χ0) is 11.2. The molecule has 1 N–H and O–H groups in total. The minimum absolute atomic E-state index is 0.167. The molecule has 2 aromatic heterocycles. The zero-order valence-corrected chi connectivity index (χ0v) is 10.4. The number of nitrogens with zero attached hydrogens (tertiary/aromatic N) is 1. The summed E-state index contributed by atoms with van der Waals surface area (Å²) in [5.74, 6) is 0. The minimum Gasteiger partial charge on any atom is -0.297 e. The van der Waals surface area contributed by atoms with E-state index in [-0.39, 0.29) is 6.04 Å². The number of nitrogens with one attached hydrogen (secondary N) is 1. The van der Waals surface area contributed by atoms with Crippen molar-refractivity contribution in [2.24, 2.45) is 0 Å². The lowest BCUT2D eigenvalue weighted by molar-refractivity contribution is 0.640. The highest BCUT2D eigenvalue weighted by atomic mass is 32.1. The van der Waals surface area contributed by atoms with Gasteiger partial charge in [-0.05, 0) is 29.3 Å². The van der Waals surface area contributed by atoms with Gasteiger partial charge < -0.3 is 0 Å². The van der Waals surface area contributed by atoms with E-state index in [1.807, 2.05) is 17.5 Å². The van der Waals surface area contributed by atoms with Crippen LogP contribution < -0.4 is 5.32 Å². The molecule has 2 aromatic rings. The second-order valence-electron chi connectivity index (χ2n) is 3.36. The van der Waals surface area contributed by atoms with Gasteiger partial charge in [0.15, 0.2) is 0 Å². The standard InChI is InChI=1S/C12H12N2S2/c13-9-11(12-4-2-8-16-12)14-6-5-10-3-1-7-15-10/h1-4,7-8,11,14H,5-6H2. The van der Waals surface area contributed by atoms with Crippen molar-refractivity contribution >= 4 is 22.7 Å². The molecule has 82 valence electrons. The molecule has 0 radical (unpaired) electrons. The first-order chi connectivity index (χ1) is 7.90. The second-order valence-corrected chi connectivity index (χ2v) is 5.37. The normalized spacial score (nSPS) is 12.2. The Kier molecular flexibility index (Phi) is 4.11. The smallest absolute Gasteiger partial charge is 0.130 e. The van der Waals surface area contributed by atoms with Crippen molar-refractivity contribution in [3.8, 4) is 6.07 Å². The molecule has 0 aliphatic carbocycles. The van der Waals surface area contributed by atoms with E-state index in [0.29, 0.717) is 0 Å². The molecule has 0 aliphatic heterocycles. The van der Waals surface area contributed by atoms with Crippen LogP contribution >= 0.6 is 22.7 Å². The van der Waals surface area contributed by atoms with E-state index in [1.165, 1.54) is 4.88 Å². The summed E-state index contributed by atoms with van der Waals surface area (Å²) in [6, 6.07) is 10.3. The van der Waals surface area contributed by atoms with Crippen LogP contribution in [0.15, 0.2) is 35.0 Å². The Bertz CT molecular complexity index is 440. The maximum atomic E-state index is 9.05. The Morgan fingerprint density at radius 2 is 2.06 bits per heavy atom. The van der Waals surface area contributed by atoms with Crippen molar-refractivity contribution in [2.75, 3.05) is 6.54 Å². The highest BCUT2D eigenvalue weighted by molar-refractivity contribution is 7.10. The molecule has 2 rings (SSSR count). The van der Waals surface area contributed by atoms with E-state index in [0.717, 1.165) is 17.8 Å². The van der Waals surface area contributed by atoms with Gasteiger partial charge in [0.25, 0.3) is 0 Å². The molecule has 2 heterocycles. The topological polar surface area (TPSA) is 35.8 Å². The Balaban J connectivity index is 1.83. The average molecular weight is 248 g/mol. The highest BCUT2D eigenvalue weighted by Gasteiger charge is 2.09. The monoisotopic (exact) mass is 248 g/mol. The maximum absolute atomic E-state index is 9.05. The van der Waals surface area contributed by atoms with Gasteiger partial charge in [-0.3, -0.25) is 5.32 Å². The fraction of sp³-hybridized carbons (Fsp3) is 0.250. The number of nitriles is 1. The van der Waals surface area contributed by atoms with Gasteiger partial charge in [-0.2, -0.15) is 5.26 Å². The van der Waals surface area contributed by atoms with Crippen LogP contribution in [0, 0.1) is 11.3 Å². The van der Waals surface area contributed by atoms with Crippen molar-refractivity contribution in [1.29, 1.82) is 5.26 Å². The molecule has 0 bridgehead atoms. The van der Waals surface area contributed by atoms with Crippen LogP contribution in [0.25, 0.3) is 0 Å². The molecule has 1 unspecified atom stereocenters. The van der Waals surface area contributed by atoms with Gasteiger partial charge in [0.05, 0.1) is 6.07 Å². The SMILES string of the molecule is N#CC(NCCc1cccs1)c1cccs1. The number of hydrogen-bond donors (Lipinski definition) is 1. The van der Waals surface area contributed by atoms with Crippen LogP contribution in [0.2, 0.25) is 0 Å². The Hall–Kier alpha value is -1.15.